The first-order chi connectivity index (χ1) is 8.39. The standard InChI is InChI=1S/C12H16F3N3/c1-8-9(2)18(6-5-16-8)11-4-3-10(7-17-11)12(13,14)15/h3-4,7-9,16H,5-6H2,1-2H3/t8-,9+/m1/s1. The molecule has 0 spiro atoms. The van der Waals surface area contributed by atoms with Gasteiger partial charge in [0.1, 0.15) is 5.82 Å². The first-order valence-electron chi connectivity index (χ1n) is 5.93. The van der Waals surface area contributed by atoms with E-state index >= 15 is 0 Å². The summed E-state index contributed by atoms with van der Waals surface area (Å²) in [7, 11) is 0. The van der Waals surface area contributed by atoms with Gasteiger partial charge in [0, 0.05) is 31.4 Å². The van der Waals surface area contributed by atoms with Crippen molar-refractivity contribution in [3.63, 3.8) is 0 Å². The van der Waals surface area contributed by atoms with Crippen LogP contribution in [0.5, 0.6) is 0 Å². The van der Waals surface area contributed by atoms with Crippen LogP contribution in [0.15, 0.2) is 18.3 Å². The molecule has 1 fully saturated rings. The Morgan fingerprint density at radius 2 is 2.06 bits per heavy atom. The summed E-state index contributed by atoms with van der Waals surface area (Å²) in [4.78, 5) is 5.96. The van der Waals surface area contributed by atoms with Gasteiger partial charge in [-0.05, 0) is 26.0 Å². The molecule has 0 saturated carbocycles. The Labute approximate surface area is 104 Å². The SMILES string of the molecule is C[C@H]1NCCN(c2ccc(C(F)(F)F)cn2)[C@H]1C. The van der Waals surface area contributed by atoms with E-state index in [0.717, 1.165) is 25.4 Å². The van der Waals surface area contributed by atoms with Gasteiger partial charge in [0.2, 0.25) is 0 Å². The van der Waals surface area contributed by atoms with Crippen LogP contribution in [-0.2, 0) is 6.18 Å². The number of halogens is 3. The van der Waals surface area contributed by atoms with Crippen molar-refractivity contribution in [1.82, 2.24) is 10.3 Å². The van der Waals surface area contributed by atoms with Gasteiger partial charge >= 0.3 is 6.18 Å². The molecule has 1 saturated heterocycles. The van der Waals surface area contributed by atoms with E-state index < -0.39 is 11.7 Å². The van der Waals surface area contributed by atoms with Gasteiger partial charge in [-0.2, -0.15) is 13.2 Å². The molecule has 6 heteroatoms. The summed E-state index contributed by atoms with van der Waals surface area (Å²) in [5, 5.41) is 3.32. The number of alkyl halides is 3. The Kier molecular flexibility index (Phi) is 3.47. The van der Waals surface area contributed by atoms with Crippen LogP contribution in [0.3, 0.4) is 0 Å². The number of piperazine rings is 1. The highest BCUT2D eigenvalue weighted by Gasteiger charge is 2.31. The molecule has 2 rings (SSSR count). The molecule has 0 aliphatic carbocycles. The highest BCUT2D eigenvalue weighted by molar-refractivity contribution is 5.42. The van der Waals surface area contributed by atoms with Crippen molar-refractivity contribution in [2.45, 2.75) is 32.1 Å². The third-order valence-electron chi connectivity index (χ3n) is 3.40. The Hall–Kier alpha value is -1.30. The van der Waals surface area contributed by atoms with E-state index in [2.05, 4.69) is 17.2 Å². The van der Waals surface area contributed by atoms with Crippen LogP contribution in [0.2, 0.25) is 0 Å². The van der Waals surface area contributed by atoms with Gasteiger partial charge in [-0.3, -0.25) is 0 Å². The van der Waals surface area contributed by atoms with E-state index in [9.17, 15) is 13.2 Å². The lowest BCUT2D eigenvalue weighted by atomic mass is 10.1. The molecular weight excluding hydrogens is 243 g/mol. The number of nitrogens with zero attached hydrogens (tertiary/aromatic N) is 2. The maximum absolute atomic E-state index is 12.4. The lowest BCUT2D eigenvalue weighted by Gasteiger charge is -2.39. The van der Waals surface area contributed by atoms with Crippen LogP contribution in [0.4, 0.5) is 19.0 Å². The average molecular weight is 259 g/mol. The summed E-state index contributed by atoms with van der Waals surface area (Å²) in [6, 6.07) is 3.03. The lowest BCUT2D eigenvalue weighted by molar-refractivity contribution is -0.137. The van der Waals surface area contributed by atoms with Crippen LogP contribution in [0.25, 0.3) is 0 Å². The van der Waals surface area contributed by atoms with E-state index in [0.29, 0.717) is 11.9 Å². The van der Waals surface area contributed by atoms with Crippen LogP contribution < -0.4 is 10.2 Å². The van der Waals surface area contributed by atoms with E-state index in [1.807, 2.05) is 11.8 Å². The van der Waals surface area contributed by atoms with Crippen molar-refractivity contribution in [1.29, 1.82) is 0 Å². The third-order valence-corrected chi connectivity index (χ3v) is 3.40. The number of hydrogen-bond donors (Lipinski definition) is 1. The highest BCUT2D eigenvalue weighted by atomic mass is 19.4. The molecule has 0 bridgehead atoms. The fourth-order valence-electron chi connectivity index (χ4n) is 2.10. The molecular formula is C12H16F3N3. The number of nitrogens with one attached hydrogen (secondary N) is 1. The zero-order chi connectivity index (χ0) is 13.3. The molecule has 18 heavy (non-hydrogen) atoms. The third kappa shape index (κ3) is 2.58. The van der Waals surface area contributed by atoms with Crippen molar-refractivity contribution in [3.05, 3.63) is 23.9 Å². The molecule has 1 aliphatic rings. The molecule has 0 unspecified atom stereocenters. The minimum atomic E-state index is -4.33. The molecule has 0 amide bonds. The fraction of sp³-hybridized carbons (Fsp3) is 0.583. The average Bonchev–Trinajstić information content (AvgIpc) is 2.32. The Balaban J connectivity index is 2.19. The second kappa shape index (κ2) is 4.76. The summed E-state index contributed by atoms with van der Waals surface area (Å²) >= 11 is 0. The van der Waals surface area contributed by atoms with Gasteiger partial charge in [0.05, 0.1) is 5.56 Å². The van der Waals surface area contributed by atoms with Gasteiger partial charge in [-0.25, -0.2) is 4.98 Å². The quantitative estimate of drug-likeness (QED) is 0.838. The van der Waals surface area contributed by atoms with E-state index in [4.69, 9.17) is 0 Å². The Morgan fingerprint density at radius 3 is 2.61 bits per heavy atom. The molecule has 2 atom stereocenters. The monoisotopic (exact) mass is 259 g/mol. The molecule has 3 nitrogen and oxygen atoms in total. The van der Waals surface area contributed by atoms with Crippen LogP contribution in [0.1, 0.15) is 19.4 Å². The van der Waals surface area contributed by atoms with Gasteiger partial charge in [0.25, 0.3) is 0 Å². The summed E-state index contributed by atoms with van der Waals surface area (Å²) in [6.45, 7) is 5.66. The number of anilines is 1. The van der Waals surface area contributed by atoms with Crippen LogP contribution in [0, 0.1) is 0 Å². The first-order valence-corrected chi connectivity index (χ1v) is 5.93. The van der Waals surface area contributed by atoms with Crippen molar-refractivity contribution < 1.29 is 13.2 Å². The number of pyridine rings is 1. The van der Waals surface area contributed by atoms with Gasteiger partial charge in [-0.1, -0.05) is 0 Å². The maximum Gasteiger partial charge on any atom is 0.417 e. The van der Waals surface area contributed by atoms with Crippen LogP contribution in [-0.4, -0.2) is 30.2 Å². The van der Waals surface area contributed by atoms with E-state index in [-0.39, 0.29) is 6.04 Å². The summed E-state index contributed by atoms with van der Waals surface area (Å²) in [6.07, 6.45) is -3.43. The van der Waals surface area contributed by atoms with Gasteiger partial charge in [-0.15, -0.1) is 0 Å². The zero-order valence-electron chi connectivity index (χ0n) is 10.3. The molecule has 100 valence electrons. The van der Waals surface area contributed by atoms with Crippen molar-refractivity contribution in [3.8, 4) is 0 Å². The molecule has 1 N–H and O–H groups in total. The number of rotatable bonds is 1. The molecule has 1 aliphatic heterocycles. The smallest absolute Gasteiger partial charge is 0.351 e. The predicted molar refractivity (Wildman–Crippen MR) is 63.5 cm³/mol. The minimum Gasteiger partial charge on any atom is -0.351 e. The summed E-state index contributed by atoms with van der Waals surface area (Å²) in [5.41, 5.74) is -0.706. The molecule has 0 radical (unpaired) electrons. The van der Waals surface area contributed by atoms with Crippen molar-refractivity contribution in [2.24, 2.45) is 0 Å². The molecule has 2 heterocycles. The molecule has 1 aromatic rings. The number of aromatic nitrogens is 1. The second-order valence-electron chi connectivity index (χ2n) is 4.58. The number of hydrogen-bond acceptors (Lipinski definition) is 3. The van der Waals surface area contributed by atoms with Crippen LogP contribution >= 0.6 is 0 Å². The lowest BCUT2D eigenvalue weighted by Crippen LogP contribution is -2.55. The van der Waals surface area contributed by atoms with Gasteiger partial charge < -0.3 is 10.2 Å². The normalized spacial score (nSPS) is 25.3. The summed E-state index contributed by atoms with van der Waals surface area (Å²) in [5.74, 6) is 0.601. The molecule has 0 aromatic carbocycles. The van der Waals surface area contributed by atoms with E-state index in [1.54, 1.807) is 0 Å². The largest absolute Gasteiger partial charge is 0.417 e. The first kappa shape index (κ1) is 13.1. The maximum atomic E-state index is 12.4. The zero-order valence-corrected chi connectivity index (χ0v) is 10.3. The van der Waals surface area contributed by atoms with Crippen molar-refractivity contribution >= 4 is 5.82 Å². The second-order valence-corrected chi connectivity index (χ2v) is 4.58. The molecule has 1 aromatic heterocycles. The Bertz CT molecular complexity index is 402. The predicted octanol–water partition coefficient (Wildman–Crippen LogP) is 2.29. The van der Waals surface area contributed by atoms with E-state index in [1.165, 1.54) is 6.07 Å². The summed E-state index contributed by atoms with van der Waals surface area (Å²) < 4.78 is 37.3. The Morgan fingerprint density at radius 1 is 1.33 bits per heavy atom. The topological polar surface area (TPSA) is 28.2 Å². The van der Waals surface area contributed by atoms with Gasteiger partial charge in [0.15, 0.2) is 0 Å². The fourth-order valence-corrected chi connectivity index (χ4v) is 2.10. The van der Waals surface area contributed by atoms with Crippen molar-refractivity contribution in [2.75, 3.05) is 18.0 Å². The highest BCUT2D eigenvalue weighted by Crippen LogP contribution is 2.29. The minimum absolute atomic E-state index is 0.211.